The van der Waals surface area contributed by atoms with E-state index in [9.17, 15) is 0 Å². The molecule has 1 aliphatic rings. The molecule has 3 heteroatoms. The molecule has 1 atom stereocenters. The Morgan fingerprint density at radius 2 is 2.00 bits per heavy atom. The smallest absolute Gasteiger partial charge is 0.290 e. The number of ether oxygens (including phenoxy) is 1. The molecule has 0 bridgehead atoms. The van der Waals surface area contributed by atoms with Crippen molar-refractivity contribution in [3.63, 3.8) is 0 Å². The van der Waals surface area contributed by atoms with Gasteiger partial charge in [0.05, 0.1) is 6.61 Å². The van der Waals surface area contributed by atoms with Crippen molar-refractivity contribution in [2.75, 3.05) is 6.61 Å². The second kappa shape index (κ2) is 4.77. The molecule has 0 amide bonds. The summed E-state index contributed by atoms with van der Waals surface area (Å²) in [5.41, 5.74) is 1.41. The van der Waals surface area contributed by atoms with Crippen LogP contribution >= 0.6 is 0 Å². The van der Waals surface area contributed by atoms with Crippen molar-refractivity contribution in [2.24, 2.45) is 0 Å². The van der Waals surface area contributed by atoms with E-state index in [1.54, 1.807) is 0 Å². The van der Waals surface area contributed by atoms with Gasteiger partial charge >= 0.3 is 0 Å². The molecule has 14 heavy (non-hydrogen) atoms. The average Bonchev–Trinajstić information content (AvgIpc) is 3.01. The topological polar surface area (TPSA) is 49.8 Å². The summed E-state index contributed by atoms with van der Waals surface area (Å²) in [7, 11) is 0. The van der Waals surface area contributed by atoms with Gasteiger partial charge in [0.1, 0.15) is 5.60 Å². The van der Waals surface area contributed by atoms with Gasteiger partial charge in [-0.25, -0.2) is 0 Å². The van der Waals surface area contributed by atoms with Gasteiger partial charge in [-0.2, -0.15) is 0 Å². The van der Waals surface area contributed by atoms with Crippen LogP contribution in [0.2, 0.25) is 0 Å². The van der Waals surface area contributed by atoms with E-state index >= 15 is 0 Å². The molecule has 2 rings (SSSR count). The number of carboxylic acid groups (broad SMARTS) is 1. The van der Waals surface area contributed by atoms with E-state index in [2.05, 4.69) is 31.2 Å². The Kier molecular flexibility index (Phi) is 3.65. The van der Waals surface area contributed by atoms with Crippen LogP contribution in [0.1, 0.15) is 18.9 Å². The van der Waals surface area contributed by atoms with Gasteiger partial charge in [0.2, 0.25) is 0 Å². The van der Waals surface area contributed by atoms with Crippen LogP contribution in [0.25, 0.3) is 0 Å². The molecule has 0 saturated carbocycles. The van der Waals surface area contributed by atoms with Crippen molar-refractivity contribution in [3.8, 4) is 0 Å². The highest BCUT2D eigenvalue weighted by molar-refractivity contribution is 5.32. The molecule has 1 aromatic rings. The highest BCUT2D eigenvalue weighted by Gasteiger charge is 2.44. The Morgan fingerprint density at radius 3 is 2.36 bits per heavy atom. The van der Waals surface area contributed by atoms with E-state index < -0.39 is 0 Å². The van der Waals surface area contributed by atoms with Gasteiger partial charge in [0.15, 0.2) is 0 Å². The minimum absolute atomic E-state index is 0.0846. The van der Waals surface area contributed by atoms with Crippen molar-refractivity contribution >= 4 is 6.47 Å². The van der Waals surface area contributed by atoms with Gasteiger partial charge < -0.3 is 9.84 Å². The summed E-state index contributed by atoms with van der Waals surface area (Å²) < 4.78 is 5.43. The Labute approximate surface area is 83.3 Å². The maximum Gasteiger partial charge on any atom is 0.290 e. The first-order valence-corrected chi connectivity index (χ1v) is 4.56. The van der Waals surface area contributed by atoms with Crippen LogP contribution in [-0.4, -0.2) is 18.2 Å². The number of carbonyl (C=O) groups is 1. The summed E-state index contributed by atoms with van der Waals surface area (Å²) in [4.78, 5) is 8.36. The van der Waals surface area contributed by atoms with Gasteiger partial charge in [0.25, 0.3) is 6.47 Å². The van der Waals surface area contributed by atoms with Gasteiger partial charge in [-0.1, -0.05) is 37.3 Å². The average molecular weight is 194 g/mol. The Hall–Kier alpha value is -1.35. The predicted octanol–water partition coefficient (Wildman–Crippen LogP) is 2.02. The number of benzene rings is 1. The zero-order valence-corrected chi connectivity index (χ0v) is 8.14. The number of rotatable bonds is 2. The Morgan fingerprint density at radius 1 is 1.50 bits per heavy atom. The fourth-order valence-corrected chi connectivity index (χ4v) is 1.40. The SMILES string of the molecule is CCC1(c2ccccc2)CO1.O=CO. The molecular weight excluding hydrogens is 180 g/mol. The van der Waals surface area contributed by atoms with Crippen LogP contribution in [0, 0.1) is 0 Å². The lowest BCUT2D eigenvalue weighted by atomic mass is 9.98. The molecule has 0 spiro atoms. The van der Waals surface area contributed by atoms with Gasteiger partial charge in [-0.05, 0) is 12.0 Å². The summed E-state index contributed by atoms with van der Waals surface area (Å²) in [6.45, 7) is 2.81. The highest BCUT2D eigenvalue weighted by atomic mass is 16.6. The summed E-state index contributed by atoms with van der Waals surface area (Å²) in [6.07, 6.45) is 1.08. The summed E-state index contributed by atoms with van der Waals surface area (Å²) >= 11 is 0. The molecule has 1 aliphatic heterocycles. The molecule has 3 nitrogen and oxygen atoms in total. The first-order chi connectivity index (χ1) is 6.79. The van der Waals surface area contributed by atoms with Crippen LogP contribution < -0.4 is 0 Å². The largest absolute Gasteiger partial charge is 0.483 e. The van der Waals surface area contributed by atoms with E-state index in [0.717, 1.165) is 13.0 Å². The molecule has 76 valence electrons. The quantitative estimate of drug-likeness (QED) is 0.578. The van der Waals surface area contributed by atoms with E-state index in [0.29, 0.717) is 0 Å². The number of hydrogen-bond donors (Lipinski definition) is 1. The minimum atomic E-state index is -0.250. The van der Waals surface area contributed by atoms with Crippen LogP contribution in [0.5, 0.6) is 0 Å². The van der Waals surface area contributed by atoms with Crippen molar-refractivity contribution in [3.05, 3.63) is 35.9 Å². The van der Waals surface area contributed by atoms with Crippen LogP contribution in [0.3, 0.4) is 0 Å². The van der Waals surface area contributed by atoms with E-state index in [4.69, 9.17) is 14.6 Å². The van der Waals surface area contributed by atoms with Crippen molar-refractivity contribution in [2.45, 2.75) is 18.9 Å². The normalized spacial score (nSPS) is 23.2. The summed E-state index contributed by atoms with van der Waals surface area (Å²) in [6, 6.07) is 10.4. The second-order valence-corrected chi connectivity index (χ2v) is 3.11. The van der Waals surface area contributed by atoms with E-state index in [1.807, 2.05) is 6.07 Å². The first kappa shape index (κ1) is 10.7. The first-order valence-electron chi connectivity index (χ1n) is 4.56. The van der Waals surface area contributed by atoms with Crippen LogP contribution in [0.4, 0.5) is 0 Å². The molecule has 1 aromatic carbocycles. The van der Waals surface area contributed by atoms with Gasteiger partial charge in [0, 0.05) is 0 Å². The lowest BCUT2D eigenvalue weighted by Gasteiger charge is -2.07. The maximum absolute atomic E-state index is 8.36. The fourth-order valence-electron chi connectivity index (χ4n) is 1.40. The van der Waals surface area contributed by atoms with E-state index in [-0.39, 0.29) is 12.1 Å². The number of hydrogen-bond acceptors (Lipinski definition) is 2. The summed E-state index contributed by atoms with van der Waals surface area (Å²) in [5, 5.41) is 6.89. The molecule has 1 heterocycles. The molecule has 1 saturated heterocycles. The van der Waals surface area contributed by atoms with Crippen molar-refractivity contribution in [1.82, 2.24) is 0 Å². The van der Waals surface area contributed by atoms with Gasteiger partial charge in [-0.3, -0.25) is 4.79 Å². The Balaban J connectivity index is 0.000000293. The molecule has 1 N–H and O–H groups in total. The van der Waals surface area contributed by atoms with Crippen molar-refractivity contribution in [1.29, 1.82) is 0 Å². The zero-order chi connectivity index (χ0) is 10.4. The maximum atomic E-state index is 8.36. The third kappa shape index (κ3) is 2.33. The zero-order valence-electron chi connectivity index (χ0n) is 8.14. The van der Waals surface area contributed by atoms with Crippen molar-refractivity contribution < 1.29 is 14.6 Å². The molecule has 0 aliphatic carbocycles. The van der Waals surface area contributed by atoms with Gasteiger partial charge in [-0.15, -0.1) is 0 Å². The molecule has 1 fully saturated rings. The van der Waals surface area contributed by atoms with Crippen LogP contribution in [-0.2, 0) is 15.1 Å². The van der Waals surface area contributed by atoms with Crippen LogP contribution in [0.15, 0.2) is 30.3 Å². The predicted molar refractivity (Wildman–Crippen MR) is 53.1 cm³/mol. The lowest BCUT2D eigenvalue weighted by molar-refractivity contribution is -0.122. The highest BCUT2D eigenvalue weighted by Crippen LogP contribution is 2.41. The number of epoxide rings is 1. The summed E-state index contributed by atoms with van der Waals surface area (Å²) in [5.74, 6) is 0. The second-order valence-electron chi connectivity index (χ2n) is 3.11. The fraction of sp³-hybridized carbons (Fsp3) is 0.364. The Bertz CT molecular complexity index is 278. The standard InChI is InChI=1S/C10H12O.CH2O2/c1-2-10(8-11-10)9-6-4-3-5-7-9;2-1-3/h3-7H,2,8H2,1H3;1H,(H,2,3). The monoisotopic (exact) mass is 194 g/mol. The van der Waals surface area contributed by atoms with E-state index in [1.165, 1.54) is 5.56 Å². The third-order valence-electron chi connectivity index (χ3n) is 2.36. The molecule has 0 radical (unpaired) electrons. The lowest BCUT2D eigenvalue weighted by Crippen LogP contribution is -2.05. The third-order valence-corrected chi connectivity index (χ3v) is 2.36. The molecular formula is C11H14O3. The minimum Gasteiger partial charge on any atom is -0.483 e. The molecule has 1 unspecified atom stereocenters. The molecule has 0 aromatic heterocycles.